The van der Waals surface area contributed by atoms with Crippen LogP contribution in [0.3, 0.4) is 0 Å². The number of carbonyl (C=O) groups is 1. The molecule has 2 N–H and O–H groups in total. The molecule has 0 atom stereocenters. The molecule has 0 saturated carbocycles. The van der Waals surface area contributed by atoms with Gasteiger partial charge in [0.15, 0.2) is 5.96 Å². The number of hydrogen-bond donors (Lipinski definition) is 2. The van der Waals surface area contributed by atoms with E-state index in [0.29, 0.717) is 18.7 Å². The molecule has 1 saturated heterocycles. The summed E-state index contributed by atoms with van der Waals surface area (Å²) in [4.78, 5) is 18.8. The Balaban J connectivity index is 0.00000392. The molecule has 0 aromatic heterocycles. The predicted molar refractivity (Wildman–Crippen MR) is 125 cm³/mol. The Hall–Kier alpha value is -1.35. The van der Waals surface area contributed by atoms with Crippen LogP contribution in [0, 0.1) is 5.92 Å². The number of hydrogen-bond acceptors (Lipinski definition) is 3. The molecule has 1 aliphatic rings. The number of benzene rings is 1. The topological polar surface area (TPSA) is 66.0 Å². The van der Waals surface area contributed by atoms with E-state index < -0.39 is 0 Å². The zero-order valence-electron chi connectivity index (χ0n) is 17.4. The maximum Gasteiger partial charge on any atom is 0.251 e. The SMILES string of the molecule is CCNC(=O)c1ccc(CN=C(NCC)N(C)CCC2CCOCC2)cc1.I. The second-order valence-electron chi connectivity index (χ2n) is 6.99. The predicted octanol–water partition coefficient (Wildman–Crippen LogP) is 3.27. The van der Waals surface area contributed by atoms with Crippen LogP contribution in [0.1, 0.15) is 49.0 Å². The Morgan fingerprint density at radius 2 is 1.79 bits per heavy atom. The van der Waals surface area contributed by atoms with Gasteiger partial charge in [0.2, 0.25) is 0 Å². The molecule has 2 rings (SSSR count). The van der Waals surface area contributed by atoms with Gasteiger partial charge in [-0.2, -0.15) is 0 Å². The molecule has 28 heavy (non-hydrogen) atoms. The number of nitrogens with zero attached hydrogens (tertiary/aromatic N) is 2. The largest absolute Gasteiger partial charge is 0.381 e. The fourth-order valence-corrected chi connectivity index (χ4v) is 3.18. The van der Waals surface area contributed by atoms with Crippen LogP contribution in [-0.2, 0) is 11.3 Å². The number of halogens is 1. The number of amides is 1. The van der Waals surface area contributed by atoms with Crippen molar-refractivity contribution in [3.63, 3.8) is 0 Å². The van der Waals surface area contributed by atoms with E-state index in [-0.39, 0.29) is 29.9 Å². The number of nitrogens with one attached hydrogen (secondary N) is 2. The molecule has 0 aliphatic carbocycles. The molecule has 6 nitrogen and oxygen atoms in total. The quantitative estimate of drug-likeness (QED) is 0.326. The van der Waals surface area contributed by atoms with Gasteiger partial charge in [0, 0.05) is 45.5 Å². The average Bonchev–Trinajstić information content (AvgIpc) is 2.70. The van der Waals surface area contributed by atoms with Gasteiger partial charge in [-0.05, 0) is 56.7 Å². The maximum atomic E-state index is 11.8. The third-order valence-electron chi connectivity index (χ3n) is 4.87. The smallest absolute Gasteiger partial charge is 0.251 e. The molecule has 7 heteroatoms. The molecule has 0 radical (unpaired) electrons. The molecule has 1 aromatic rings. The molecule has 1 aliphatic heterocycles. The van der Waals surface area contributed by atoms with Crippen molar-refractivity contribution in [2.24, 2.45) is 10.9 Å². The highest BCUT2D eigenvalue weighted by atomic mass is 127. The van der Waals surface area contributed by atoms with E-state index in [0.717, 1.165) is 43.7 Å². The van der Waals surface area contributed by atoms with Crippen molar-refractivity contribution in [2.75, 3.05) is 39.9 Å². The summed E-state index contributed by atoms with van der Waals surface area (Å²) in [5, 5.41) is 6.19. The first kappa shape index (κ1) is 24.7. The number of aliphatic imine (C=N–C) groups is 1. The minimum Gasteiger partial charge on any atom is -0.381 e. The Bertz CT molecular complexity index is 601. The third kappa shape index (κ3) is 8.34. The minimum absolute atomic E-state index is 0. The first-order valence-electron chi connectivity index (χ1n) is 10.1. The minimum atomic E-state index is -0.0336. The molecule has 158 valence electrons. The normalized spacial score (nSPS) is 14.9. The van der Waals surface area contributed by atoms with E-state index in [2.05, 4.69) is 29.5 Å². The molecule has 0 bridgehead atoms. The van der Waals surface area contributed by atoms with Gasteiger partial charge in [-0.3, -0.25) is 4.79 Å². The average molecular weight is 502 g/mol. The lowest BCUT2D eigenvalue weighted by molar-refractivity contribution is 0.0625. The van der Waals surface area contributed by atoms with Crippen molar-refractivity contribution < 1.29 is 9.53 Å². The molecule has 1 amide bonds. The van der Waals surface area contributed by atoms with Crippen LogP contribution in [-0.4, -0.2) is 56.7 Å². The summed E-state index contributed by atoms with van der Waals surface area (Å²) in [5.74, 6) is 1.65. The van der Waals surface area contributed by atoms with Crippen LogP contribution in [0.2, 0.25) is 0 Å². The summed E-state index contributed by atoms with van der Waals surface area (Å²) < 4.78 is 5.44. The van der Waals surface area contributed by atoms with Crippen LogP contribution in [0.15, 0.2) is 29.3 Å². The second kappa shape index (κ2) is 13.8. The zero-order chi connectivity index (χ0) is 19.5. The Morgan fingerprint density at radius 3 is 2.39 bits per heavy atom. The van der Waals surface area contributed by atoms with E-state index in [4.69, 9.17) is 9.73 Å². The molecule has 0 unspecified atom stereocenters. The third-order valence-corrected chi connectivity index (χ3v) is 4.87. The number of carbonyl (C=O) groups excluding carboxylic acids is 1. The van der Waals surface area contributed by atoms with Gasteiger partial charge >= 0.3 is 0 Å². The van der Waals surface area contributed by atoms with Crippen LogP contribution >= 0.6 is 24.0 Å². The summed E-state index contributed by atoms with van der Waals surface area (Å²) >= 11 is 0. The maximum absolute atomic E-state index is 11.8. The van der Waals surface area contributed by atoms with Gasteiger partial charge in [-0.25, -0.2) is 4.99 Å². The lowest BCUT2D eigenvalue weighted by atomic mass is 9.96. The van der Waals surface area contributed by atoms with Crippen molar-refractivity contribution in [3.8, 4) is 0 Å². The molecular weight excluding hydrogens is 467 g/mol. The van der Waals surface area contributed by atoms with Gasteiger partial charge in [0.05, 0.1) is 6.54 Å². The van der Waals surface area contributed by atoms with E-state index >= 15 is 0 Å². The highest BCUT2D eigenvalue weighted by molar-refractivity contribution is 14.0. The van der Waals surface area contributed by atoms with Gasteiger partial charge in [-0.1, -0.05) is 12.1 Å². The van der Waals surface area contributed by atoms with Crippen LogP contribution in [0.5, 0.6) is 0 Å². The van der Waals surface area contributed by atoms with E-state index in [1.54, 1.807) is 0 Å². The van der Waals surface area contributed by atoms with Gasteiger partial charge in [-0.15, -0.1) is 24.0 Å². The van der Waals surface area contributed by atoms with Crippen LogP contribution < -0.4 is 10.6 Å². The summed E-state index contributed by atoms with van der Waals surface area (Å²) in [7, 11) is 2.10. The Kier molecular flexibility index (Phi) is 12.1. The molecule has 1 aromatic carbocycles. The number of guanidine groups is 1. The summed E-state index contributed by atoms with van der Waals surface area (Å²) in [6.07, 6.45) is 3.50. The van der Waals surface area contributed by atoms with Gasteiger partial charge < -0.3 is 20.3 Å². The fraction of sp³-hybridized carbons (Fsp3) is 0.619. The Labute approximate surface area is 186 Å². The van der Waals surface area contributed by atoms with Gasteiger partial charge in [0.25, 0.3) is 5.91 Å². The molecule has 1 fully saturated rings. The van der Waals surface area contributed by atoms with Gasteiger partial charge in [0.1, 0.15) is 0 Å². The first-order chi connectivity index (χ1) is 13.1. The van der Waals surface area contributed by atoms with Crippen molar-refractivity contribution in [1.29, 1.82) is 0 Å². The fourth-order valence-electron chi connectivity index (χ4n) is 3.18. The second-order valence-corrected chi connectivity index (χ2v) is 6.99. The standard InChI is InChI=1S/C21H34N4O2.HI/c1-4-22-20(26)19-8-6-18(7-9-19)16-24-21(23-5-2)25(3)13-10-17-11-14-27-15-12-17;/h6-9,17H,4-5,10-16H2,1-3H3,(H,22,26)(H,23,24);1H. The highest BCUT2D eigenvalue weighted by Crippen LogP contribution is 2.18. The van der Waals surface area contributed by atoms with E-state index in [9.17, 15) is 4.79 Å². The molecule has 1 heterocycles. The summed E-state index contributed by atoms with van der Waals surface area (Å²) in [5.41, 5.74) is 1.78. The van der Waals surface area contributed by atoms with Crippen molar-refractivity contribution >= 4 is 35.8 Å². The Morgan fingerprint density at radius 1 is 1.14 bits per heavy atom. The lowest BCUT2D eigenvalue weighted by Crippen LogP contribution is -2.40. The van der Waals surface area contributed by atoms with E-state index in [1.165, 1.54) is 19.3 Å². The number of ether oxygens (including phenoxy) is 1. The van der Waals surface area contributed by atoms with Crippen LogP contribution in [0.4, 0.5) is 0 Å². The molecule has 0 spiro atoms. The first-order valence-corrected chi connectivity index (χ1v) is 10.1. The van der Waals surface area contributed by atoms with E-state index in [1.807, 2.05) is 31.2 Å². The summed E-state index contributed by atoms with van der Waals surface area (Å²) in [6.45, 7) is 8.87. The van der Waals surface area contributed by atoms with Crippen LogP contribution in [0.25, 0.3) is 0 Å². The lowest BCUT2D eigenvalue weighted by Gasteiger charge is -2.26. The van der Waals surface area contributed by atoms with Crippen molar-refractivity contribution in [3.05, 3.63) is 35.4 Å². The highest BCUT2D eigenvalue weighted by Gasteiger charge is 2.15. The van der Waals surface area contributed by atoms with Crippen molar-refractivity contribution in [1.82, 2.24) is 15.5 Å². The monoisotopic (exact) mass is 502 g/mol. The van der Waals surface area contributed by atoms with Crippen molar-refractivity contribution in [2.45, 2.75) is 39.7 Å². The number of rotatable bonds is 8. The molecular formula is C21H35IN4O2. The summed E-state index contributed by atoms with van der Waals surface area (Å²) in [6, 6.07) is 7.66. The zero-order valence-corrected chi connectivity index (χ0v) is 19.7.